The summed E-state index contributed by atoms with van der Waals surface area (Å²) < 4.78 is 18.6. The van der Waals surface area contributed by atoms with Gasteiger partial charge in [0.05, 0.1) is 4.92 Å². The summed E-state index contributed by atoms with van der Waals surface area (Å²) in [5.41, 5.74) is -1.70. The van der Waals surface area contributed by atoms with Gasteiger partial charge in [0.1, 0.15) is 12.2 Å². The van der Waals surface area contributed by atoms with Crippen molar-refractivity contribution in [2.75, 3.05) is 19.7 Å². The third-order valence-electron chi connectivity index (χ3n) is 2.43. The Hall–Kier alpha value is -1.73. The Bertz CT molecular complexity index is 451. The smallest absolute Gasteiger partial charge is 0.314 e. The largest absolute Gasteiger partial charge is 0.482 e. The standard InChI is InChI=1S/C12H17FN2O4/c1-3-14-7-12(2,16)8-19-11-9(13)5-4-6-10(11)15(17)18/h4-6,14,16H,3,7-8H2,1-2H3. The maximum atomic E-state index is 13.5. The highest BCUT2D eigenvalue weighted by Gasteiger charge is 2.25. The van der Waals surface area contributed by atoms with Gasteiger partial charge in [-0.15, -0.1) is 0 Å². The topological polar surface area (TPSA) is 84.6 Å². The Balaban J connectivity index is 2.80. The normalized spacial score (nSPS) is 13.9. The van der Waals surface area contributed by atoms with Crippen molar-refractivity contribution in [3.8, 4) is 5.75 Å². The summed E-state index contributed by atoms with van der Waals surface area (Å²) in [6.45, 7) is 4.03. The van der Waals surface area contributed by atoms with Crippen LogP contribution in [0.5, 0.6) is 5.75 Å². The highest BCUT2D eigenvalue weighted by molar-refractivity contribution is 5.46. The van der Waals surface area contributed by atoms with Crippen molar-refractivity contribution in [1.29, 1.82) is 0 Å². The van der Waals surface area contributed by atoms with Gasteiger partial charge in [-0.3, -0.25) is 10.1 Å². The number of hydrogen-bond donors (Lipinski definition) is 2. The lowest BCUT2D eigenvalue weighted by molar-refractivity contribution is -0.386. The van der Waals surface area contributed by atoms with Crippen LogP contribution < -0.4 is 10.1 Å². The molecular formula is C12H17FN2O4. The highest BCUT2D eigenvalue weighted by Crippen LogP contribution is 2.30. The predicted molar refractivity (Wildman–Crippen MR) is 67.7 cm³/mol. The molecule has 0 spiro atoms. The number of aliphatic hydroxyl groups is 1. The molecule has 0 saturated heterocycles. The van der Waals surface area contributed by atoms with Crippen LogP contribution in [0.2, 0.25) is 0 Å². The predicted octanol–water partition coefficient (Wildman–Crippen LogP) is 1.47. The second kappa shape index (κ2) is 6.44. The summed E-state index contributed by atoms with van der Waals surface area (Å²) in [6.07, 6.45) is 0. The minimum Gasteiger partial charge on any atom is -0.482 e. The van der Waals surface area contributed by atoms with Crippen molar-refractivity contribution >= 4 is 5.69 Å². The SMILES string of the molecule is CCNCC(C)(O)COc1c(F)cccc1[N+](=O)[O-]. The number of benzene rings is 1. The van der Waals surface area contributed by atoms with Crippen LogP contribution in [0.25, 0.3) is 0 Å². The van der Waals surface area contributed by atoms with E-state index in [0.717, 1.165) is 12.1 Å². The average Bonchev–Trinajstić information content (AvgIpc) is 2.34. The van der Waals surface area contributed by atoms with Crippen molar-refractivity contribution < 1.29 is 19.2 Å². The van der Waals surface area contributed by atoms with Gasteiger partial charge in [-0.25, -0.2) is 4.39 Å². The molecule has 106 valence electrons. The number of likely N-dealkylation sites (N-methyl/N-ethyl adjacent to an activating group) is 1. The van der Waals surface area contributed by atoms with E-state index in [0.29, 0.717) is 6.54 Å². The Kier molecular flexibility index (Phi) is 5.20. The first kappa shape index (κ1) is 15.3. The zero-order valence-corrected chi connectivity index (χ0v) is 10.9. The molecule has 1 aromatic rings. The molecule has 0 aromatic heterocycles. The Morgan fingerprint density at radius 3 is 2.84 bits per heavy atom. The third-order valence-corrected chi connectivity index (χ3v) is 2.43. The molecule has 1 rings (SSSR count). The minimum absolute atomic E-state index is 0.242. The van der Waals surface area contributed by atoms with Gasteiger partial charge in [0.2, 0.25) is 5.75 Å². The number of nitro benzene ring substituents is 1. The van der Waals surface area contributed by atoms with Crippen LogP contribution in [0.1, 0.15) is 13.8 Å². The third kappa shape index (κ3) is 4.46. The number of halogens is 1. The average molecular weight is 272 g/mol. The molecule has 0 heterocycles. The zero-order valence-electron chi connectivity index (χ0n) is 10.9. The number of rotatable bonds is 7. The fourth-order valence-electron chi connectivity index (χ4n) is 1.46. The number of nitrogens with one attached hydrogen (secondary N) is 1. The first-order chi connectivity index (χ1) is 8.87. The van der Waals surface area contributed by atoms with Crippen LogP contribution in [0.3, 0.4) is 0 Å². The lowest BCUT2D eigenvalue weighted by atomic mass is 10.1. The maximum absolute atomic E-state index is 13.5. The Morgan fingerprint density at radius 2 is 2.26 bits per heavy atom. The van der Waals surface area contributed by atoms with Crippen molar-refractivity contribution in [2.24, 2.45) is 0 Å². The van der Waals surface area contributed by atoms with E-state index in [1.807, 2.05) is 6.92 Å². The number of hydrogen-bond acceptors (Lipinski definition) is 5. The van der Waals surface area contributed by atoms with Crippen LogP contribution >= 0.6 is 0 Å². The fourth-order valence-corrected chi connectivity index (χ4v) is 1.46. The lowest BCUT2D eigenvalue weighted by Gasteiger charge is -2.23. The molecule has 0 bridgehead atoms. The molecular weight excluding hydrogens is 255 g/mol. The molecule has 6 nitrogen and oxygen atoms in total. The molecule has 0 aliphatic heterocycles. The van der Waals surface area contributed by atoms with Crippen LogP contribution in [-0.2, 0) is 0 Å². The van der Waals surface area contributed by atoms with Crippen molar-refractivity contribution in [1.82, 2.24) is 5.32 Å². The molecule has 1 atom stereocenters. The summed E-state index contributed by atoms with van der Waals surface area (Å²) in [4.78, 5) is 10.0. The van der Waals surface area contributed by atoms with Crippen molar-refractivity contribution in [3.05, 3.63) is 34.1 Å². The van der Waals surface area contributed by atoms with Crippen molar-refractivity contribution in [3.63, 3.8) is 0 Å². The van der Waals surface area contributed by atoms with E-state index in [1.54, 1.807) is 0 Å². The first-order valence-corrected chi connectivity index (χ1v) is 5.86. The summed E-state index contributed by atoms with van der Waals surface area (Å²) >= 11 is 0. The first-order valence-electron chi connectivity index (χ1n) is 5.86. The second-order valence-electron chi connectivity index (χ2n) is 4.41. The quantitative estimate of drug-likeness (QED) is 0.580. The molecule has 0 amide bonds. The van der Waals surface area contributed by atoms with Gasteiger partial charge in [0.15, 0.2) is 5.82 Å². The van der Waals surface area contributed by atoms with Crippen LogP contribution in [0, 0.1) is 15.9 Å². The van der Waals surface area contributed by atoms with E-state index in [2.05, 4.69) is 5.32 Å². The van der Waals surface area contributed by atoms with Gasteiger partial charge in [0, 0.05) is 12.6 Å². The van der Waals surface area contributed by atoms with Crippen LogP contribution in [-0.4, -0.2) is 35.3 Å². The van der Waals surface area contributed by atoms with E-state index in [1.165, 1.54) is 13.0 Å². The summed E-state index contributed by atoms with van der Waals surface area (Å²) in [7, 11) is 0. The monoisotopic (exact) mass is 272 g/mol. The molecule has 0 saturated carbocycles. The molecule has 0 radical (unpaired) electrons. The number of nitrogens with zero attached hydrogens (tertiary/aromatic N) is 1. The van der Waals surface area contributed by atoms with Gasteiger partial charge in [-0.1, -0.05) is 13.0 Å². The van der Waals surface area contributed by atoms with Crippen molar-refractivity contribution in [2.45, 2.75) is 19.4 Å². The van der Waals surface area contributed by atoms with Gasteiger partial charge >= 0.3 is 5.69 Å². The number of para-hydroxylation sites is 1. The fraction of sp³-hybridized carbons (Fsp3) is 0.500. The Morgan fingerprint density at radius 1 is 1.58 bits per heavy atom. The highest BCUT2D eigenvalue weighted by atomic mass is 19.1. The summed E-state index contributed by atoms with van der Waals surface area (Å²) in [6, 6.07) is 3.45. The zero-order chi connectivity index (χ0) is 14.5. The minimum atomic E-state index is -1.24. The molecule has 2 N–H and O–H groups in total. The molecule has 1 unspecified atom stereocenters. The van der Waals surface area contributed by atoms with E-state index >= 15 is 0 Å². The lowest BCUT2D eigenvalue weighted by Crippen LogP contribution is -2.42. The van der Waals surface area contributed by atoms with Gasteiger partial charge in [0.25, 0.3) is 0 Å². The molecule has 0 aliphatic carbocycles. The Labute approximate surface area is 110 Å². The second-order valence-corrected chi connectivity index (χ2v) is 4.41. The van der Waals surface area contributed by atoms with Crippen LogP contribution in [0.4, 0.5) is 10.1 Å². The maximum Gasteiger partial charge on any atom is 0.314 e. The van der Waals surface area contributed by atoms with Gasteiger partial charge in [-0.05, 0) is 19.5 Å². The number of nitro groups is 1. The number of ether oxygens (including phenoxy) is 1. The summed E-state index contributed by atoms with van der Waals surface area (Å²) in [5.74, 6) is -1.28. The van der Waals surface area contributed by atoms with E-state index in [9.17, 15) is 19.6 Å². The van der Waals surface area contributed by atoms with E-state index in [4.69, 9.17) is 4.74 Å². The molecule has 19 heavy (non-hydrogen) atoms. The molecule has 0 fully saturated rings. The van der Waals surface area contributed by atoms with E-state index < -0.39 is 27.8 Å². The molecule has 7 heteroatoms. The van der Waals surface area contributed by atoms with Gasteiger partial charge in [-0.2, -0.15) is 0 Å². The summed E-state index contributed by atoms with van der Waals surface area (Å²) in [5, 5.41) is 23.6. The molecule has 1 aromatic carbocycles. The molecule has 0 aliphatic rings. The van der Waals surface area contributed by atoms with Crippen LogP contribution in [0.15, 0.2) is 18.2 Å². The van der Waals surface area contributed by atoms with E-state index in [-0.39, 0.29) is 13.2 Å². The van der Waals surface area contributed by atoms with Gasteiger partial charge < -0.3 is 15.2 Å².